The van der Waals surface area contributed by atoms with Crippen LogP contribution in [0, 0.1) is 67.0 Å². The molecular weight excluding hydrogens is 3070 g/mol. The van der Waals surface area contributed by atoms with Crippen LogP contribution in [0.3, 0.4) is 0 Å². The minimum atomic E-state index is -0.658. The molecule has 0 amide bonds. The van der Waals surface area contributed by atoms with Gasteiger partial charge in [0.05, 0.1) is 44.2 Å². The van der Waals surface area contributed by atoms with Crippen LogP contribution in [-0.4, -0.2) is 258 Å². The minimum absolute atomic E-state index is 0. The van der Waals surface area contributed by atoms with Crippen molar-refractivity contribution >= 4 is 296 Å². The molecule has 53 heteroatoms. The van der Waals surface area contributed by atoms with Crippen molar-refractivity contribution in [2.24, 2.45) is 5.73 Å². The molecule has 0 atom stereocenters. The Labute approximate surface area is 1050 Å². The molecule has 3 fully saturated rings. The number of hydrogen-bond acceptors (Lipinski definition) is 29. The molecule has 0 spiro atoms. The fourth-order valence-electron chi connectivity index (χ4n) is 11.0. The predicted molar refractivity (Wildman–Crippen MR) is 667 cm³/mol. The maximum absolute atomic E-state index is 13.9. The van der Waals surface area contributed by atoms with Crippen molar-refractivity contribution in [1.82, 2.24) is 39.5 Å². The molecule has 3 saturated heterocycles. The van der Waals surface area contributed by atoms with E-state index in [1.54, 1.807) is 31.3 Å². The van der Waals surface area contributed by atoms with E-state index in [0.29, 0.717) is 71.6 Å². The van der Waals surface area contributed by atoms with Crippen LogP contribution in [0.4, 0.5) is 79.2 Å². The third-order valence-electron chi connectivity index (χ3n) is 19.9. The van der Waals surface area contributed by atoms with Crippen LogP contribution in [0.25, 0.3) is 22.3 Å². The number of hydrogen-bond donors (Lipinski definition) is 10. The van der Waals surface area contributed by atoms with Crippen molar-refractivity contribution in [1.29, 1.82) is 0 Å². The molecule has 3 aliphatic rings. The minimum Gasteiger partial charge on any atom is -0.405 e. The molecule has 8 aromatic rings. The van der Waals surface area contributed by atoms with Crippen LogP contribution >= 0.6 is 206 Å². The third-order valence-corrected chi connectivity index (χ3v) is 21.4. The molecular formula is C96H149B3Br3F5I7N19O12V4-4. The Morgan fingerprint density at radius 2 is 0.765 bits per heavy atom. The summed E-state index contributed by atoms with van der Waals surface area (Å²) in [5.41, 5.74) is 31.7. The average molecular weight is 3220 g/mol. The summed E-state index contributed by atoms with van der Waals surface area (Å²) in [5, 5.41) is 40.9. The summed E-state index contributed by atoms with van der Waals surface area (Å²) >= 11 is 25.2. The second-order valence-corrected chi connectivity index (χ2v) is 58.2. The Bertz CT molecular complexity index is 4930. The number of nitrogens with zero attached hydrogens (tertiary/aromatic N) is 10. The number of aldehydes is 1. The van der Waals surface area contributed by atoms with Crippen molar-refractivity contribution in [2.75, 3.05) is 187 Å². The summed E-state index contributed by atoms with van der Waals surface area (Å²) in [7, 11) is 19.4. The number of pyridine rings is 3. The Kier molecular flexibility index (Phi) is 91.6. The van der Waals surface area contributed by atoms with Crippen molar-refractivity contribution < 1.29 is 144 Å². The molecule has 11 rings (SSSR count). The number of benzene rings is 5. The van der Waals surface area contributed by atoms with E-state index >= 15 is 0 Å². The number of aliphatic hydroxyl groups is 1. The summed E-state index contributed by atoms with van der Waals surface area (Å²) in [6.07, 6.45) is 4.85. The first kappa shape index (κ1) is 163. The van der Waals surface area contributed by atoms with E-state index in [0.717, 1.165) is 81.9 Å². The number of nitrogens with one attached hydrogen (secondary N) is 4. The van der Waals surface area contributed by atoms with Gasteiger partial charge < -0.3 is 215 Å². The molecule has 6 heterocycles. The Hall–Kier alpha value is -1.37. The van der Waals surface area contributed by atoms with Crippen LogP contribution in [0.2, 0.25) is 0 Å². The maximum Gasteiger partial charge on any atom is 0.495 e. The van der Waals surface area contributed by atoms with E-state index in [4.69, 9.17) is 61.7 Å². The Morgan fingerprint density at radius 3 is 1.05 bits per heavy atom. The molecule has 149 heavy (non-hydrogen) atoms. The van der Waals surface area contributed by atoms with E-state index in [-0.39, 0.29) is 145 Å². The molecule has 5 aromatic carbocycles. The normalized spacial score (nSPS) is 13.7. The SMILES string of the molecule is C.CC(I)(I)I.CC1(C)OB(B2OC(C)(C)C(C)(C)O2)OC1(C)C.CN(C)CCN.CN(C)CCNc1cc(F)cc(-c2ccnc(N)c2N)c1.CN(C)CCNc1cc(F)cc(-c2ccnc([N+](=O)[O-])c2N)c1.CN(C)CCNc1cc(F)cc(B2OC(C)(C)C(C)(C)O2)c1.CN(C)CCNc1cc(F)cc(Br)c1.CO.C[C-](I)I.C[CH-]I.C[CH-]I.Nc1nccc(Br)c1[N+](=O)[O-].O=Cc1cc(F)cc(Br)c1.[CH2-]C.[V].[V].[V].[V]. The zero-order valence-corrected chi connectivity index (χ0v) is 115. The summed E-state index contributed by atoms with van der Waals surface area (Å²) < 4.78 is 110. The number of alkyl halides is 3. The van der Waals surface area contributed by atoms with Gasteiger partial charge in [0.25, 0.3) is 0 Å². The Balaban J connectivity index is -0.000000251. The number of aromatic nitrogens is 3. The van der Waals surface area contributed by atoms with Gasteiger partial charge in [-0.15, -0.1) is 0 Å². The van der Waals surface area contributed by atoms with Crippen LogP contribution in [-0.2, 0) is 102 Å². The van der Waals surface area contributed by atoms with Crippen LogP contribution in [0.15, 0.2) is 141 Å². The van der Waals surface area contributed by atoms with Gasteiger partial charge in [0.2, 0.25) is 5.82 Å². The van der Waals surface area contributed by atoms with Gasteiger partial charge in [0.15, 0.2) is 0 Å². The zero-order valence-electron chi connectivity index (χ0n) is 89.1. The molecule has 4 radical (unpaired) electrons. The largest absolute Gasteiger partial charge is 0.495 e. The van der Waals surface area contributed by atoms with Crippen molar-refractivity contribution in [3.8, 4) is 22.3 Å². The second-order valence-electron chi connectivity index (χ2n) is 35.0. The summed E-state index contributed by atoms with van der Waals surface area (Å²) in [6.45, 7) is 45.5. The second kappa shape index (κ2) is 83.8. The van der Waals surface area contributed by atoms with Gasteiger partial charge in [-0.25, -0.2) is 31.9 Å². The Morgan fingerprint density at radius 1 is 0.483 bits per heavy atom. The topological polar surface area (TPSA) is 412 Å². The number of nitro groups is 2. The molecule has 3 aromatic heterocycles. The van der Waals surface area contributed by atoms with Gasteiger partial charge in [-0.05, 0) is 312 Å². The quantitative estimate of drug-likeness (QED) is 0.00371. The first-order valence-electron chi connectivity index (χ1n) is 44.4. The van der Waals surface area contributed by atoms with E-state index in [9.17, 15) is 47.0 Å². The smallest absolute Gasteiger partial charge is 0.405 e. The third kappa shape index (κ3) is 69.1. The number of carbonyl (C=O) groups excluding carboxylic acids is 1. The number of nitrogen functional groups attached to an aromatic ring is 4. The number of likely N-dealkylation sites (N-methyl/N-ethyl adjacent to an activating group) is 5. The van der Waals surface area contributed by atoms with Gasteiger partial charge in [0, 0.05) is 208 Å². The molecule has 838 valence electrons. The molecule has 0 bridgehead atoms. The molecule has 0 aliphatic carbocycles. The first-order valence-corrected chi connectivity index (χ1v) is 54.7. The van der Waals surface area contributed by atoms with Gasteiger partial charge >= 0.3 is 32.6 Å². The molecule has 31 nitrogen and oxygen atoms in total. The van der Waals surface area contributed by atoms with Crippen LogP contribution in [0.5, 0.6) is 0 Å². The number of anilines is 8. The zero-order chi connectivity index (χ0) is 112. The van der Waals surface area contributed by atoms with E-state index in [1.165, 1.54) is 87.1 Å². The number of halogens is 15. The molecule has 3 aliphatic heterocycles. The number of rotatable bonds is 25. The fraction of sp³-hybridized carbons (Fsp3) is 0.479. The standard InChI is InChI=1S/C16H26BFN2O2.C15H18FN5O2.C15H20FN5.C12H24B2O4.C10H14BrFN2.C7H4BrFO.C5H4BrN3O2.C4H12N2.C2H3I3.C2H3I2.2C2H4I.C2H5.CH4O.CH4.4V/c1-15(2)16(3,4)22-17(21-15)12-9-13(18)11-14(10-12)19-7-8-20(5)6;1-20(2)6-5-18-12-8-10(7-11(16)9-12)13-3-4-19-15(14(13)17)21(22)23;1-21(2)6-5-19-12-8-10(7-11(16)9-12)13-3-4-20-15(18)14(13)17;1-9(2)10(3,4)16-13(15-9)14-17-11(5,6)12(7,8)18-14;1-14(2)4-3-13-10-6-8(11)5-9(12)7-10;8-6-1-5(4-10)2-7(9)3-6;6-3-1-2-8-5(7)4(3)9(10)11;1-6(2)4-3-5;1-2(3,4)5;1-2(3)4;2*1-2-3;2*1-2;;;;;/h9-11,19H,7-8H2,1-6H3;3-4,7-9,18H,5-6,17H2,1-2H3;3-4,7-9,19H,5-6,17H2,1-2H3,(H2,18,20);1-8H3;5-7,13H,3-4H2,1-2H3;1-4H;1-2H,(H2,7,8);3-5H2,1-2H3;1H3;1H3;2*2H,1H3;1H2,2H3;2H,1H3;1H4;;;;/q;;;;;;;;;4*-1;;;;;;. The van der Waals surface area contributed by atoms with Crippen LogP contribution in [0.1, 0.15) is 135 Å². The van der Waals surface area contributed by atoms with E-state index in [1.807, 2.05) is 199 Å². The van der Waals surface area contributed by atoms with E-state index < -0.39 is 59.6 Å². The van der Waals surface area contributed by atoms with Crippen molar-refractivity contribution in [3.05, 3.63) is 214 Å². The number of carbonyl (C=O) groups is 1. The molecule has 15 N–H and O–H groups in total. The monoisotopic (exact) mass is 3220 g/mol. The maximum atomic E-state index is 13.9. The number of aliphatic hydroxyl groups excluding tert-OH is 1. The number of nitrogens with two attached hydrogens (primary N) is 5. The predicted octanol–water partition coefficient (Wildman–Crippen LogP) is 24.1. The van der Waals surface area contributed by atoms with Gasteiger partial charge in [-0.3, -0.25) is 23.8 Å². The van der Waals surface area contributed by atoms with Gasteiger partial charge in [0.1, 0.15) is 57.0 Å². The summed E-state index contributed by atoms with van der Waals surface area (Å²) in [5.74, 6) is -1.97. The average Bonchev–Trinajstić information content (AvgIpc) is 1.60. The van der Waals surface area contributed by atoms with E-state index in [2.05, 4.69) is 283 Å². The first-order chi connectivity index (χ1) is 66.6. The molecule has 0 unspecified atom stereocenters. The van der Waals surface area contributed by atoms with Crippen molar-refractivity contribution in [2.45, 2.75) is 158 Å². The molecule has 0 saturated carbocycles. The summed E-state index contributed by atoms with van der Waals surface area (Å²) in [6, 6.07) is 27.5. The fourth-order valence-corrected chi connectivity index (χ4v) is 12.4. The van der Waals surface area contributed by atoms with Crippen LogP contribution < -0.4 is 55.4 Å². The summed E-state index contributed by atoms with van der Waals surface area (Å²) in [4.78, 5) is 51.5. The van der Waals surface area contributed by atoms with Gasteiger partial charge in [-0.2, -0.15) is 29.6 Å². The van der Waals surface area contributed by atoms with Gasteiger partial charge in [-0.1, -0.05) is 107 Å². The van der Waals surface area contributed by atoms with Crippen molar-refractivity contribution in [3.63, 3.8) is 0 Å².